The van der Waals surface area contributed by atoms with Crippen LogP contribution in [0.5, 0.6) is 0 Å². The van der Waals surface area contributed by atoms with E-state index in [-0.39, 0.29) is 11.1 Å². The Morgan fingerprint density at radius 3 is 1.92 bits per heavy atom. The Morgan fingerprint density at radius 2 is 1.42 bits per heavy atom. The Labute approximate surface area is 140 Å². The molecule has 0 aliphatic rings. The number of aromatic carboxylic acids is 1. The van der Waals surface area contributed by atoms with Crippen LogP contribution in [0.1, 0.15) is 36.8 Å². The van der Waals surface area contributed by atoms with Crippen LogP contribution in [0.4, 0.5) is 0 Å². The van der Waals surface area contributed by atoms with Crippen molar-refractivity contribution in [1.82, 2.24) is 15.4 Å². The quantitative estimate of drug-likeness (QED) is 0.760. The number of rotatable bonds is 3. The van der Waals surface area contributed by atoms with Crippen LogP contribution in [0, 0.1) is 0 Å². The maximum absolute atomic E-state index is 11.1. The fourth-order valence-corrected chi connectivity index (χ4v) is 2.56. The molecule has 0 unspecified atom stereocenters. The summed E-state index contributed by atoms with van der Waals surface area (Å²) in [5, 5.41) is 19.0. The molecule has 2 N–H and O–H groups in total. The van der Waals surface area contributed by atoms with E-state index in [4.69, 9.17) is 5.11 Å². The minimum atomic E-state index is -1.07. The van der Waals surface area contributed by atoms with Crippen LogP contribution in [0.15, 0.2) is 48.5 Å². The first kappa shape index (κ1) is 15.9. The average molecular weight is 321 g/mol. The summed E-state index contributed by atoms with van der Waals surface area (Å²) in [4.78, 5) is 11.1. The van der Waals surface area contributed by atoms with E-state index in [9.17, 15) is 4.79 Å². The molecule has 24 heavy (non-hydrogen) atoms. The molecule has 2 aromatic carbocycles. The predicted molar refractivity (Wildman–Crippen MR) is 92.9 cm³/mol. The zero-order chi connectivity index (χ0) is 17.3. The van der Waals surface area contributed by atoms with Gasteiger partial charge in [0.05, 0.1) is 0 Å². The van der Waals surface area contributed by atoms with Gasteiger partial charge >= 0.3 is 5.97 Å². The van der Waals surface area contributed by atoms with Crippen molar-refractivity contribution in [2.75, 3.05) is 0 Å². The summed E-state index contributed by atoms with van der Waals surface area (Å²) < 4.78 is 0. The molecule has 0 saturated heterocycles. The maximum Gasteiger partial charge on any atom is 0.356 e. The highest BCUT2D eigenvalue weighted by molar-refractivity contribution is 5.92. The summed E-state index contributed by atoms with van der Waals surface area (Å²) in [5.74, 6) is -1.07. The zero-order valence-electron chi connectivity index (χ0n) is 13.9. The molecule has 1 heterocycles. The van der Waals surface area contributed by atoms with E-state index in [2.05, 4.69) is 60.4 Å². The third-order valence-electron chi connectivity index (χ3n) is 4.01. The number of aromatic amines is 1. The molecule has 0 spiro atoms. The molecular weight excluding hydrogens is 302 g/mol. The second kappa shape index (κ2) is 5.92. The highest BCUT2D eigenvalue weighted by Gasteiger charge is 2.16. The lowest BCUT2D eigenvalue weighted by Gasteiger charge is -2.19. The van der Waals surface area contributed by atoms with Crippen molar-refractivity contribution in [2.45, 2.75) is 26.2 Å². The SMILES string of the molecule is CC(C)(C)c1ccc(-c2ccc(-c3nn[nH]c3C(=O)O)cc2)cc1. The molecule has 122 valence electrons. The molecule has 5 heteroatoms. The van der Waals surface area contributed by atoms with E-state index in [0.29, 0.717) is 5.69 Å². The van der Waals surface area contributed by atoms with E-state index >= 15 is 0 Å². The molecule has 1 aromatic heterocycles. The minimum absolute atomic E-state index is 0.00252. The summed E-state index contributed by atoms with van der Waals surface area (Å²) in [6.07, 6.45) is 0. The third-order valence-corrected chi connectivity index (χ3v) is 4.01. The molecule has 3 aromatic rings. The molecular formula is C19H19N3O2. The predicted octanol–water partition coefficient (Wildman–Crippen LogP) is 4.13. The summed E-state index contributed by atoms with van der Waals surface area (Å²) in [6.45, 7) is 6.57. The first-order valence-electron chi connectivity index (χ1n) is 7.72. The smallest absolute Gasteiger partial charge is 0.356 e. The van der Waals surface area contributed by atoms with E-state index in [1.807, 2.05) is 24.3 Å². The van der Waals surface area contributed by atoms with Gasteiger partial charge in [-0.05, 0) is 22.1 Å². The van der Waals surface area contributed by atoms with Crippen LogP contribution >= 0.6 is 0 Å². The van der Waals surface area contributed by atoms with Crippen molar-refractivity contribution in [3.05, 3.63) is 59.8 Å². The van der Waals surface area contributed by atoms with Gasteiger partial charge in [-0.3, -0.25) is 5.10 Å². The lowest BCUT2D eigenvalue weighted by atomic mass is 9.86. The molecule has 0 amide bonds. The molecule has 5 nitrogen and oxygen atoms in total. The van der Waals surface area contributed by atoms with Crippen LogP contribution < -0.4 is 0 Å². The molecule has 0 fully saturated rings. The number of nitrogens with one attached hydrogen (secondary N) is 1. The van der Waals surface area contributed by atoms with Gasteiger partial charge in [-0.25, -0.2) is 4.79 Å². The van der Waals surface area contributed by atoms with Crippen molar-refractivity contribution in [3.8, 4) is 22.4 Å². The lowest BCUT2D eigenvalue weighted by molar-refractivity contribution is 0.0691. The van der Waals surface area contributed by atoms with Crippen LogP contribution in [-0.4, -0.2) is 26.5 Å². The number of hydrogen-bond donors (Lipinski definition) is 2. The summed E-state index contributed by atoms with van der Waals surface area (Å²) in [5.41, 5.74) is 4.66. The highest BCUT2D eigenvalue weighted by Crippen LogP contribution is 2.28. The molecule has 0 aliphatic heterocycles. The van der Waals surface area contributed by atoms with E-state index in [1.54, 1.807) is 0 Å². The average Bonchev–Trinajstić information content (AvgIpc) is 3.04. The Kier molecular flexibility index (Phi) is 3.93. The standard InChI is InChI=1S/C19H19N3O2/c1-19(2,3)15-10-8-13(9-11-15)12-4-6-14(7-5-12)16-17(18(23)24)21-22-20-16/h4-11H,1-3H3,(H,23,24)(H,20,21,22). The number of carboxylic acid groups (broad SMARTS) is 1. The normalized spacial score (nSPS) is 11.5. The van der Waals surface area contributed by atoms with Gasteiger partial charge in [0.2, 0.25) is 0 Å². The number of H-pyrrole nitrogens is 1. The van der Waals surface area contributed by atoms with E-state index < -0.39 is 5.97 Å². The number of benzene rings is 2. The zero-order valence-corrected chi connectivity index (χ0v) is 13.9. The monoisotopic (exact) mass is 321 g/mol. The van der Waals surface area contributed by atoms with Crippen LogP contribution in [0.3, 0.4) is 0 Å². The molecule has 0 saturated carbocycles. The van der Waals surface area contributed by atoms with Gasteiger partial charge in [-0.15, -0.1) is 5.10 Å². The number of hydrogen-bond acceptors (Lipinski definition) is 3. The van der Waals surface area contributed by atoms with Gasteiger partial charge in [0.15, 0.2) is 5.69 Å². The molecule has 0 bridgehead atoms. The van der Waals surface area contributed by atoms with Gasteiger partial charge in [0, 0.05) is 5.56 Å². The fraction of sp³-hybridized carbons (Fsp3) is 0.211. The lowest BCUT2D eigenvalue weighted by Crippen LogP contribution is -2.10. The topological polar surface area (TPSA) is 78.9 Å². The van der Waals surface area contributed by atoms with Gasteiger partial charge < -0.3 is 5.11 Å². The Morgan fingerprint density at radius 1 is 0.917 bits per heavy atom. The summed E-state index contributed by atoms with van der Waals surface area (Å²) >= 11 is 0. The largest absolute Gasteiger partial charge is 0.476 e. The van der Waals surface area contributed by atoms with Crippen LogP contribution in [-0.2, 0) is 5.41 Å². The number of aromatic nitrogens is 3. The van der Waals surface area contributed by atoms with E-state index in [1.165, 1.54) is 5.56 Å². The second-order valence-corrected chi connectivity index (χ2v) is 6.75. The van der Waals surface area contributed by atoms with Crippen molar-refractivity contribution in [1.29, 1.82) is 0 Å². The molecule has 3 rings (SSSR count). The van der Waals surface area contributed by atoms with Crippen molar-refractivity contribution in [3.63, 3.8) is 0 Å². The van der Waals surface area contributed by atoms with Gasteiger partial charge in [0.1, 0.15) is 5.69 Å². The Hall–Kier alpha value is -2.95. The summed E-state index contributed by atoms with van der Waals surface area (Å²) in [7, 11) is 0. The van der Waals surface area contributed by atoms with Gasteiger partial charge in [-0.1, -0.05) is 74.5 Å². The van der Waals surface area contributed by atoms with Crippen molar-refractivity contribution >= 4 is 5.97 Å². The number of nitrogens with zero attached hydrogens (tertiary/aromatic N) is 2. The maximum atomic E-state index is 11.1. The van der Waals surface area contributed by atoms with Crippen LogP contribution in [0.25, 0.3) is 22.4 Å². The number of carbonyl (C=O) groups is 1. The third kappa shape index (κ3) is 3.06. The Balaban J connectivity index is 1.90. The second-order valence-electron chi connectivity index (χ2n) is 6.75. The van der Waals surface area contributed by atoms with Crippen LogP contribution in [0.2, 0.25) is 0 Å². The fourth-order valence-electron chi connectivity index (χ4n) is 2.56. The minimum Gasteiger partial charge on any atom is -0.476 e. The highest BCUT2D eigenvalue weighted by atomic mass is 16.4. The Bertz CT molecular complexity index is 857. The molecule has 0 aliphatic carbocycles. The first-order chi connectivity index (χ1) is 11.4. The number of carboxylic acids is 1. The summed E-state index contributed by atoms with van der Waals surface area (Å²) in [6, 6.07) is 16.1. The molecule has 0 radical (unpaired) electrons. The van der Waals surface area contributed by atoms with Crippen molar-refractivity contribution in [2.24, 2.45) is 0 Å². The first-order valence-corrected chi connectivity index (χ1v) is 7.72. The molecule has 0 atom stereocenters. The van der Waals surface area contributed by atoms with Gasteiger partial charge in [0.25, 0.3) is 0 Å². The van der Waals surface area contributed by atoms with Gasteiger partial charge in [-0.2, -0.15) is 0 Å². The van der Waals surface area contributed by atoms with Crippen molar-refractivity contribution < 1.29 is 9.90 Å². The van der Waals surface area contributed by atoms with E-state index in [0.717, 1.165) is 16.7 Å².